The second kappa shape index (κ2) is 5.94. The van der Waals surface area contributed by atoms with Gasteiger partial charge in [0.1, 0.15) is 0 Å². The average Bonchev–Trinajstić information content (AvgIpc) is 2.64. The Morgan fingerprint density at radius 2 is 2.21 bits per heavy atom. The number of aromatic nitrogens is 2. The molecule has 0 aromatic carbocycles. The van der Waals surface area contributed by atoms with E-state index in [0.29, 0.717) is 6.04 Å². The van der Waals surface area contributed by atoms with E-state index in [4.69, 9.17) is 4.74 Å². The third-order valence-corrected chi connectivity index (χ3v) is 5.47. The zero-order valence-corrected chi connectivity index (χ0v) is 13.9. The topological polar surface area (TPSA) is 39.1 Å². The Hall–Kier alpha value is -0.390. The van der Waals surface area contributed by atoms with Crippen LogP contribution in [0.5, 0.6) is 0 Å². The minimum atomic E-state index is 0.00490. The van der Waals surface area contributed by atoms with Crippen molar-refractivity contribution in [3.8, 4) is 0 Å². The standard InChI is InChI=1S/C14H24BrN3O/c1-5-18-11(13(15)10(2)17-18)9-12(16-3)14(19-4)7-6-8-14/h12,16H,5-9H2,1-4H3. The van der Waals surface area contributed by atoms with E-state index in [2.05, 4.69) is 38.0 Å². The van der Waals surface area contributed by atoms with Crippen molar-refractivity contribution >= 4 is 15.9 Å². The summed E-state index contributed by atoms with van der Waals surface area (Å²) < 4.78 is 9.04. The molecule has 1 aliphatic rings. The van der Waals surface area contributed by atoms with Crippen LogP contribution in [0.2, 0.25) is 0 Å². The number of aryl methyl sites for hydroxylation is 2. The van der Waals surface area contributed by atoms with Gasteiger partial charge < -0.3 is 10.1 Å². The molecule has 4 nitrogen and oxygen atoms in total. The summed E-state index contributed by atoms with van der Waals surface area (Å²) in [7, 11) is 3.86. The lowest BCUT2D eigenvalue weighted by molar-refractivity contribution is -0.0970. The van der Waals surface area contributed by atoms with Crippen LogP contribution < -0.4 is 5.32 Å². The van der Waals surface area contributed by atoms with Gasteiger partial charge in [0.15, 0.2) is 0 Å². The first kappa shape index (κ1) is 15.0. The molecule has 0 aliphatic heterocycles. The van der Waals surface area contributed by atoms with Crippen LogP contribution in [-0.2, 0) is 17.7 Å². The van der Waals surface area contributed by atoms with E-state index < -0.39 is 0 Å². The van der Waals surface area contributed by atoms with Crippen LogP contribution in [0.4, 0.5) is 0 Å². The van der Waals surface area contributed by atoms with Gasteiger partial charge in [0.25, 0.3) is 0 Å². The highest BCUT2D eigenvalue weighted by atomic mass is 79.9. The van der Waals surface area contributed by atoms with Gasteiger partial charge in [-0.1, -0.05) is 0 Å². The van der Waals surface area contributed by atoms with Gasteiger partial charge in [0.2, 0.25) is 0 Å². The van der Waals surface area contributed by atoms with E-state index in [1.165, 1.54) is 12.1 Å². The van der Waals surface area contributed by atoms with Crippen LogP contribution in [0.1, 0.15) is 37.6 Å². The van der Waals surface area contributed by atoms with Crippen LogP contribution >= 0.6 is 15.9 Å². The largest absolute Gasteiger partial charge is 0.377 e. The van der Waals surface area contributed by atoms with Crippen LogP contribution in [0.3, 0.4) is 0 Å². The fourth-order valence-corrected chi connectivity index (χ4v) is 3.47. The molecule has 1 heterocycles. The molecule has 1 N–H and O–H groups in total. The molecule has 0 radical (unpaired) electrons. The van der Waals surface area contributed by atoms with Crippen LogP contribution in [-0.4, -0.2) is 35.6 Å². The minimum absolute atomic E-state index is 0.00490. The Balaban J connectivity index is 2.23. The second-order valence-corrected chi connectivity index (χ2v) is 6.12. The molecular weight excluding hydrogens is 306 g/mol. The zero-order valence-electron chi connectivity index (χ0n) is 12.3. The number of rotatable bonds is 6. The second-order valence-electron chi connectivity index (χ2n) is 5.33. The molecule has 0 saturated heterocycles. The lowest BCUT2D eigenvalue weighted by atomic mass is 9.73. The highest BCUT2D eigenvalue weighted by molar-refractivity contribution is 9.10. The summed E-state index contributed by atoms with van der Waals surface area (Å²) in [6.07, 6.45) is 4.50. The molecule has 1 unspecified atom stereocenters. The van der Waals surface area contributed by atoms with Gasteiger partial charge >= 0.3 is 0 Å². The number of hydrogen-bond acceptors (Lipinski definition) is 3. The minimum Gasteiger partial charge on any atom is -0.377 e. The molecule has 1 aromatic rings. The Kier molecular flexibility index (Phi) is 4.69. The van der Waals surface area contributed by atoms with Crippen molar-refractivity contribution in [1.82, 2.24) is 15.1 Å². The summed E-state index contributed by atoms with van der Waals surface area (Å²) >= 11 is 3.68. The Morgan fingerprint density at radius 1 is 1.53 bits per heavy atom. The van der Waals surface area contributed by atoms with Gasteiger partial charge in [-0.3, -0.25) is 4.68 Å². The summed E-state index contributed by atoms with van der Waals surface area (Å²) in [6.45, 7) is 5.08. The Bertz CT molecular complexity index is 435. The number of ether oxygens (including phenoxy) is 1. The predicted octanol–water partition coefficient (Wildman–Crippen LogP) is 2.67. The number of nitrogens with zero attached hydrogens (tertiary/aromatic N) is 2. The number of methoxy groups -OCH3 is 1. The maximum absolute atomic E-state index is 5.81. The van der Waals surface area contributed by atoms with E-state index in [1.807, 2.05) is 21.1 Å². The molecule has 2 rings (SSSR count). The fourth-order valence-electron chi connectivity index (χ4n) is 3.03. The smallest absolute Gasteiger partial charge is 0.0834 e. The molecule has 1 aliphatic carbocycles. The van der Waals surface area contributed by atoms with Crippen molar-refractivity contribution in [1.29, 1.82) is 0 Å². The summed E-state index contributed by atoms with van der Waals surface area (Å²) in [5.74, 6) is 0. The van der Waals surface area contributed by atoms with E-state index in [9.17, 15) is 0 Å². The van der Waals surface area contributed by atoms with E-state index in [0.717, 1.165) is 36.0 Å². The summed E-state index contributed by atoms with van der Waals surface area (Å²) in [5.41, 5.74) is 2.33. The van der Waals surface area contributed by atoms with Crippen molar-refractivity contribution < 1.29 is 4.74 Å². The van der Waals surface area contributed by atoms with Gasteiger partial charge in [-0.05, 0) is 56.1 Å². The van der Waals surface area contributed by atoms with Crippen molar-refractivity contribution in [2.24, 2.45) is 0 Å². The first-order chi connectivity index (χ1) is 9.07. The molecule has 1 atom stereocenters. The third-order valence-electron chi connectivity index (χ3n) is 4.44. The van der Waals surface area contributed by atoms with Crippen molar-refractivity contribution in [3.63, 3.8) is 0 Å². The average molecular weight is 330 g/mol. The molecule has 1 aromatic heterocycles. The highest BCUT2D eigenvalue weighted by Gasteiger charge is 2.44. The van der Waals surface area contributed by atoms with Crippen LogP contribution in [0.25, 0.3) is 0 Å². The van der Waals surface area contributed by atoms with Gasteiger partial charge in [-0.2, -0.15) is 5.10 Å². The van der Waals surface area contributed by atoms with Crippen LogP contribution in [0, 0.1) is 6.92 Å². The predicted molar refractivity (Wildman–Crippen MR) is 80.5 cm³/mol. The maximum Gasteiger partial charge on any atom is 0.0834 e. The molecule has 0 bridgehead atoms. The van der Waals surface area contributed by atoms with Gasteiger partial charge in [0, 0.05) is 26.1 Å². The molecule has 5 heteroatoms. The molecule has 0 amide bonds. The van der Waals surface area contributed by atoms with Crippen LogP contribution in [0.15, 0.2) is 4.47 Å². The number of halogens is 1. The summed E-state index contributed by atoms with van der Waals surface area (Å²) in [4.78, 5) is 0. The van der Waals surface area contributed by atoms with Crippen molar-refractivity contribution in [2.75, 3.05) is 14.2 Å². The molecule has 0 spiro atoms. The monoisotopic (exact) mass is 329 g/mol. The fraction of sp³-hybridized carbons (Fsp3) is 0.786. The molecule has 1 fully saturated rings. The number of nitrogens with one attached hydrogen (secondary N) is 1. The SMILES string of the molecule is CCn1nc(C)c(Br)c1CC(NC)C1(OC)CCC1. The lowest BCUT2D eigenvalue weighted by Crippen LogP contribution is -2.56. The summed E-state index contributed by atoms with van der Waals surface area (Å²) in [5, 5.41) is 8.01. The first-order valence-electron chi connectivity index (χ1n) is 7.02. The van der Waals surface area contributed by atoms with Crippen molar-refractivity contribution in [3.05, 3.63) is 15.9 Å². The van der Waals surface area contributed by atoms with E-state index in [1.54, 1.807) is 0 Å². The quantitative estimate of drug-likeness (QED) is 0.872. The zero-order chi connectivity index (χ0) is 14.0. The third kappa shape index (κ3) is 2.60. The van der Waals surface area contributed by atoms with Gasteiger partial charge in [0.05, 0.1) is 21.5 Å². The number of likely N-dealkylation sites (N-methyl/N-ethyl adjacent to an activating group) is 1. The van der Waals surface area contributed by atoms with Gasteiger partial charge in [-0.15, -0.1) is 0 Å². The maximum atomic E-state index is 5.81. The first-order valence-corrected chi connectivity index (χ1v) is 7.81. The lowest BCUT2D eigenvalue weighted by Gasteiger charge is -2.46. The Morgan fingerprint density at radius 3 is 2.63 bits per heavy atom. The normalized spacial score (nSPS) is 19.2. The van der Waals surface area contributed by atoms with E-state index >= 15 is 0 Å². The molecule has 19 heavy (non-hydrogen) atoms. The Labute approximate surface area is 124 Å². The highest BCUT2D eigenvalue weighted by Crippen LogP contribution is 2.39. The summed E-state index contributed by atoms with van der Waals surface area (Å²) in [6, 6.07) is 0.337. The van der Waals surface area contributed by atoms with Crippen molar-refractivity contribution in [2.45, 2.75) is 57.7 Å². The molecule has 1 saturated carbocycles. The van der Waals surface area contributed by atoms with E-state index in [-0.39, 0.29) is 5.60 Å². The molecular formula is C14H24BrN3O. The number of hydrogen-bond donors (Lipinski definition) is 1. The van der Waals surface area contributed by atoms with Gasteiger partial charge in [-0.25, -0.2) is 0 Å². The molecule has 108 valence electrons.